The van der Waals surface area contributed by atoms with Gasteiger partial charge in [0, 0.05) is 146 Å². The van der Waals surface area contributed by atoms with Crippen LogP contribution in [0.1, 0.15) is 40.6 Å². The van der Waals surface area contributed by atoms with Gasteiger partial charge >= 0.3 is 0 Å². The van der Waals surface area contributed by atoms with Gasteiger partial charge < -0.3 is 38.6 Å². The number of aryl methyl sites for hydroxylation is 2. The Kier molecular flexibility index (Phi) is 32.4. The van der Waals surface area contributed by atoms with E-state index in [1.54, 1.807) is 36.4 Å². The molecule has 0 saturated heterocycles. The van der Waals surface area contributed by atoms with Gasteiger partial charge in [0.25, 0.3) is 0 Å². The molecule has 0 unspecified atom stereocenters. The van der Waals surface area contributed by atoms with Crippen LogP contribution in [0.5, 0.6) is 0 Å². The average molecular weight is 1620 g/mol. The van der Waals surface area contributed by atoms with Crippen molar-refractivity contribution in [2.75, 3.05) is 20.5 Å². The number of furan rings is 2. The molecule has 19 heteroatoms. The molecule has 91 heavy (non-hydrogen) atoms. The maximum Gasteiger partial charge on any atom is 0.139 e. The molecular weight excluding hydrogens is 1540 g/mol. The summed E-state index contributed by atoms with van der Waals surface area (Å²) in [5, 5.41) is 21.3. The minimum atomic E-state index is -3.92. The minimum absolute atomic E-state index is 0. The van der Waals surface area contributed by atoms with Gasteiger partial charge in [0.15, 0.2) is 0 Å². The molecule has 0 saturated carbocycles. The maximum atomic E-state index is 9.08. The number of rotatable bonds is 6. The fourth-order valence-corrected chi connectivity index (χ4v) is 11.7. The van der Waals surface area contributed by atoms with Crippen LogP contribution < -0.4 is 10.4 Å². The topological polar surface area (TPSA) is 175 Å². The van der Waals surface area contributed by atoms with Crippen molar-refractivity contribution in [1.82, 2.24) is 19.9 Å². The zero-order valence-electron chi connectivity index (χ0n) is 58.1. The van der Waals surface area contributed by atoms with Gasteiger partial charge in [0.05, 0.1) is 29.3 Å². The van der Waals surface area contributed by atoms with Crippen molar-refractivity contribution in [3.63, 3.8) is 0 Å². The van der Waals surface area contributed by atoms with E-state index in [1.807, 2.05) is 111 Å². The summed E-state index contributed by atoms with van der Waals surface area (Å²) in [7, 11) is 5.12. The van der Waals surface area contributed by atoms with Crippen LogP contribution in [0.25, 0.3) is 88.9 Å². The van der Waals surface area contributed by atoms with Gasteiger partial charge in [-0.3, -0.25) is 4.98 Å². The van der Waals surface area contributed by atoms with Crippen LogP contribution in [0.15, 0.2) is 210 Å². The minimum Gasteiger partial charge on any atom is -0.748 e. The number of hydrogen-bond acceptors (Lipinski definition) is 11. The van der Waals surface area contributed by atoms with Crippen LogP contribution in [0.4, 0.5) is 0 Å². The van der Waals surface area contributed by atoms with E-state index in [0.717, 1.165) is 105 Å². The molecule has 0 amide bonds. The maximum absolute atomic E-state index is 9.08. The van der Waals surface area contributed by atoms with Gasteiger partial charge in [0.2, 0.25) is 0 Å². The van der Waals surface area contributed by atoms with Crippen molar-refractivity contribution in [3.8, 4) is 56.9 Å². The molecule has 7 radical (unpaired) electrons. The monoisotopic (exact) mass is 1620 g/mol. The van der Waals surface area contributed by atoms with Crippen molar-refractivity contribution >= 4 is 103 Å². The molecular formula is C72H78B3Ir2N4O7SSi2-4. The van der Waals surface area contributed by atoms with Crippen molar-refractivity contribution < 1.29 is 80.5 Å². The number of aliphatic hydroxyl groups excluding tert-OH is 2. The van der Waals surface area contributed by atoms with E-state index in [0.29, 0.717) is 6.26 Å². The summed E-state index contributed by atoms with van der Waals surface area (Å²) in [5.41, 5.74) is 11.7. The number of pyridine rings is 4. The third kappa shape index (κ3) is 25.5. The van der Waals surface area contributed by atoms with E-state index in [-0.39, 0.29) is 58.8 Å². The molecule has 2 N–H and O–H groups in total. The fourth-order valence-electron chi connectivity index (χ4n) is 8.55. The molecule has 0 bridgehead atoms. The molecule has 6 heterocycles. The molecule has 473 valence electrons. The molecule has 12 rings (SSSR count). The molecule has 12 aromatic rings. The van der Waals surface area contributed by atoms with Gasteiger partial charge in [0.1, 0.15) is 22.3 Å². The summed E-state index contributed by atoms with van der Waals surface area (Å²) in [5.74, 6) is 5.36. The summed E-state index contributed by atoms with van der Waals surface area (Å²) in [4.78, 5) is 17.7. The van der Waals surface area contributed by atoms with Crippen LogP contribution in [-0.2, 0) is 50.3 Å². The molecule has 0 aliphatic carbocycles. The van der Waals surface area contributed by atoms with Gasteiger partial charge in [-0.2, -0.15) is 0 Å². The first-order valence-corrected chi connectivity index (χ1v) is 36.3. The zero-order valence-corrected chi connectivity index (χ0v) is 59.7. The first-order chi connectivity index (χ1) is 44.6. The Balaban J connectivity index is 0.000000602. The first kappa shape index (κ1) is 71.3. The Bertz CT molecular complexity index is 4190. The normalized spacial score (nSPS) is 11.3. The van der Waals surface area contributed by atoms with E-state index >= 15 is 0 Å². The summed E-state index contributed by atoms with van der Waals surface area (Å²) >= 11 is 0. The Morgan fingerprint density at radius 2 is 0.912 bits per heavy atom. The molecule has 6 aromatic carbocycles. The second kappa shape index (κ2) is 41.3. The second-order valence-electron chi connectivity index (χ2n) is 20.6. The van der Waals surface area contributed by atoms with Crippen LogP contribution >= 0.6 is 0 Å². The summed E-state index contributed by atoms with van der Waals surface area (Å²) in [6.07, 6.45) is 7.06. The number of aromatic nitrogens is 4. The van der Waals surface area contributed by atoms with E-state index in [9.17, 15) is 0 Å². The SMILES string of the molecule is C.CC#CC.CO.CO.CS(=O)(=O)[O-].C[Si](C)(C)c1ccc[c-]c1-c1nccc2oc3ccccc3c12.C[Si](C)(C)c1ccccc1-c1nccc2oc3ccccc3c12.[2H]C([2H])([2H])c1ccc(-c2[c-]cccc2)nc1.[2H]C([2H])([2H])c1ccc(-c2[c-]cccc2)nc1.[B][B][B].[Ir].[Ir]. The molecule has 0 aliphatic rings. The van der Waals surface area contributed by atoms with Crippen LogP contribution in [0.3, 0.4) is 0 Å². The van der Waals surface area contributed by atoms with Crippen LogP contribution in [-0.4, -0.2) is 102 Å². The smallest absolute Gasteiger partial charge is 0.139 e. The predicted octanol–water partition coefficient (Wildman–Crippen LogP) is 14.8. The average Bonchev–Trinajstić information content (AvgIpc) is 1.65. The Hall–Kier alpha value is -7.16. The van der Waals surface area contributed by atoms with Crippen LogP contribution in [0.2, 0.25) is 39.3 Å². The summed E-state index contributed by atoms with van der Waals surface area (Å²) < 4.78 is 82.6. The number of para-hydroxylation sites is 2. The Morgan fingerprint density at radius 1 is 0.527 bits per heavy atom. The third-order valence-electron chi connectivity index (χ3n) is 12.2. The first-order valence-electron chi connectivity index (χ1n) is 30.5. The zero-order chi connectivity index (χ0) is 69.9. The number of fused-ring (bicyclic) bond motifs is 6. The Morgan fingerprint density at radius 3 is 1.31 bits per heavy atom. The molecule has 0 fully saturated rings. The van der Waals surface area contributed by atoms with Crippen molar-refractivity contribution in [3.05, 3.63) is 230 Å². The molecule has 0 spiro atoms. The van der Waals surface area contributed by atoms with E-state index < -0.39 is 40.0 Å². The number of nitrogens with zero attached hydrogens (tertiary/aromatic N) is 4. The largest absolute Gasteiger partial charge is 0.748 e. The van der Waals surface area contributed by atoms with E-state index in [4.69, 9.17) is 50.2 Å². The van der Waals surface area contributed by atoms with Crippen LogP contribution in [0, 0.1) is 43.7 Å². The van der Waals surface area contributed by atoms with Crippen molar-refractivity contribution in [1.29, 1.82) is 0 Å². The predicted molar refractivity (Wildman–Crippen MR) is 380 cm³/mol. The number of hydrogen-bond donors (Lipinski definition) is 2. The number of benzene rings is 6. The van der Waals surface area contributed by atoms with Gasteiger partial charge in [-0.25, -0.2) is 8.42 Å². The number of aliphatic hydroxyl groups is 2. The molecule has 11 nitrogen and oxygen atoms in total. The fraction of sp³-hybridized carbons (Fsp3) is 0.194. The molecule has 0 aliphatic heterocycles. The van der Waals surface area contributed by atoms with Gasteiger partial charge in [-0.1, -0.05) is 137 Å². The van der Waals surface area contributed by atoms with Gasteiger partial charge in [-0.15, -0.1) is 119 Å². The second-order valence-corrected chi connectivity index (χ2v) is 32.1. The van der Waals surface area contributed by atoms with E-state index in [1.165, 1.54) is 28.3 Å². The quantitative estimate of drug-likeness (QED) is 0.0701. The van der Waals surface area contributed by atoms with Gasteiger partial charge in [-0.05, 0) is 80.0 Å². The third-order valence-corrected chi connectivity index (χ3v) is 16.3. The van der Waals surface area contributed by atoms with E-state index in [2.05, 4.69) is 149 Å². The molecule has 0 atom stereocenters. The Labute approximate surface area is 581 Å². The summed E-state index contributed by atoms with van der Waals surface area (Å²) in [6.45, 7) is 13.6. The molecule has 6 aromatic heterocycles. The van der Waals surface area contributed by atoms with Crippen molar-refractivity contribution in [2.45, 2.75) is 74.3 Å². The standard InChI is InChI=1S/C20H19NOSi.C20H18NOSi.2C12H10N.C4H6.CH4O3S.2CH4O.CH4.B3.2Ir/c2*1-23(2,3)18-11-7-5-9-15(18)20-19-14-8-4-6-10-16(14)22-17(19)12-13-21-20;2*1-10-7-8-12(13-9-10)11-5-3-2-4-6-11;1-3-4-2;1-5(2,3)4;2*1-2;;1-3-2;;/h4-13H,1-3H3;4-8,10-13H,1-3H3;2*2-5,7-9H,1H3;1-2H3;1H3,(H,2,3,4);2*2H,1H3;1H4;;;/q;3*-1;;;;;;;;/p-1/i;;2*1D3;;;;;;;;. The summed E-state index contributed by atoms with van der Waals surface area (Å²) in [6, 6.07) is 66.2. The van der Waals surface area contributed by atoms with Crippen molar-refractivity contribution in [2.24, 2.45) is 0 Å².